The molecule has 4 rings (SSSR count). The monoisotopic (exact) mass is 461 g/mol. The lowest BCUT2D eigenvalue weighted by Gasteiger charge is -2.38. The van der Waals surface area contributed by atoms with Crippen molar-refractivity contribution in [1.29, 1.82) is 0 Å². The predicted octanol–water partition coefficient (Wildman–Crippen LogP) is 4.92. The Hall–Kier alpha value is -1.67. The molecule has 0 bridgehead atoms. The average Bonchev–Trinajstić information content (AvgIpc) is 3.06. The summed E-state index contributed by atoms with van der Waals surface area (Å²) in [6, 6.07) is 7.95. The van der Waals surface area contributed by atoms with Crippen LogP contribution in [0.2, 0.25) is 5.02 Å². The van der Waals surface area contributed by atoms with Gasteiger partial charge in [-0.05, 0) is 49.9 Å². The fourth-order valence-corrected chi connectivity index (χ4v) is 5.92. The molecule has 8 heteroatoms. The van der Waals surface area contributed by atoms with Crippen molar-refractivity contribution in [3.63, 3.8) is 0 Å². The lowest BCUT2D eigenvalue weighted by atomic mass is 9.74. The number of aromatic nitrogens is 2. The van der Waals surface area contributed by atoms with Gasteiger partial charge in [-0.25, -0.2) is 9.97 Å². The second-order valence-electron chi connectivity index (χ2n) is 7.61. The summed E-state index contributed by atoms with van der Waals surface area (Å²) in [7, 11) is 0. The zero-order valence-electron chi connectivity index (χ0n) is 17.0. The molecule has 0 saturated carbocycles. The number of nitrogens with one attached hydrogen (secondary N) is 1. The Labute approximate surface area is 189 Å². The van der Waals surface area contributed by atoms with E-state index in [0.717, 1.165) is 33.1 Å². The number of rotatable bonds is 6. The number of halogens is 1. The summed E-state index contributed by atoms with van der Waals surface area (Å²) in [6.07, 6.45) is 3.33. The Balaban J connectivity index is 1.43. The van der Waals surface area contributed by atoms with E-state index in [9.17, 15) is 4.79 Å². The van der Waals surface area contributed by atoms with Crippen LogP contribution in [-0.4, -0.2) is 41.4 Å². The van der Waals surface area contributed by atoms with Crippen LogP contribution in [0.5, 0.6) is 0 Å². The number of fused-ring (bicyclic) bond motifs is 1. The van der Waals surface area contributed by atoms with Gasteiger partial charge in [-0.3, -0.25) is 4.79 Å². The molecule has 1 N–H and O–H groups in total. The number of thioether (sulfide) groups is 1. The van der Waals surface area contributed by atoms with Crippen molar-refractivity contribution in [2.45, 2.75) is 37.1 Å². The number of nitrogens with zero attached hydrogens (tertiary/aromatic N) is 2. The van der Waals surface area contributed by atoms with Crippen LogP contribution in [0, 0.1) is 13.8 Å². The van der Waals surface area contributed by atoms with E-state index >= 15 is 0 Å². The van der Waals surface area contributed by atoms with E-state index < -0.39 is 0 Å². The molecule has 5 nitrogen and oxygen atoms in total. The van der Waals surface area contributed by atoms with Crippen molar-refractivity contribution in [3.8, 4) is 0 Å². The molecule has 1 amide bonds. The number of hydrogen-bond acceptors (Lipinski definition) is 6. The van der Waals surface area contributed by atoms with Gasteiger partial charge in [-0.15, -0.1) is 11.3 Å². The van der Waals surface area contributed by atoms with Gasteiger partial charge in [0.25, 0.3) is 0 Å². The van der Waals surface area contributed by atoms with Gasteiger partial charge in [0.05, 0.1) is 5.75 Å². The molecule has 1 fully saturated rings. The Morgan fingerprint density at radius 1 is 1.23 bits per heavy atom. The summed E-state index contributed by atoms with van der Waals surface area (Å²) in [5, 5.41) is 5.81. The predicted molar refractivity (Wildman–Crippen MR) is 124 cm³/mol. The number of carbonyl (C=O) groups excluding carboxylic acids is 1. The Morgan fingerprint density at radius 3 is 2.70 bits per heavy atom. The quantitative estimate of drug-likeness (QED) is 0.417. The molecule has 0 atom stereocenters. The van der Waals surface area contributed by atoms with E-state index in [1.807, 2.05) is 12.1 Å². The lowest BCUT2D eigenvalue weighted by Crippen LogP contribution is -2.45. The molecule has 0 unspecified atom stereocenters. The normalized spacial score (nSPS) is 16.0. The molecule has 1 aliphatic heterocycles. The summed E-state index contributed by atoms with van der Waals surface area (Å²) in [4.78, 5) is 23.7. The van der Waals surface area contributed by atoms with Crippen molar-refractivity contribution in [3.05, 3.63) is 51.6 Å². The number of thiophene rings is 1. The molecule has 1 aromatic carbocycles. The number of benzene rings is 1. The zero-order valence-corrected chi connectivity index (χ0v) is 19.4. The summed E-state index contributed by atoms with van der Waals surface area (Å²) in [5.41, 5.74) is 2.28. The van der Waals surface area contributed by atoms with Crippen LogP contribution < -0.4 is 5.32 Å². The second-order valence-corrected chi connectivity index (χ2v) is 10.2. The molecule has 0 aliphatic carbocycles. The fraction of sp³-hybridized carbons (Fsp3) is 0.409. The van der Waals surface area contributed by atoms with E-state index in [2.05, 4.69) is 41.3 Å². The highest BCUT2D eigenvalue weighted by Crippen LogP contribution is 2.36. The number of hydrogen-bond donors (Lipinski definition) is 1. The first-order valence-corrected chi connectivity index (χ1v) is 12.1. The van der Waals surface area contributed by atoms with Crippen molar-refractivity contribution in [2.24, 2.45) is 0 Å². The SMILES string of the molecule is Cc1sc2ncnc(SCC(=O)NCC3(c4ccc(Cl)cc4)CCOCC3)c2c1C. The molecule has 1 saturated heterocycles. The van der Waals surface area contributed by atoms with Crippen molar-refractivity contribution >= 4 is 50.8 Å². The van der Waals surface area contributed by atoms with Crippen LogP contribution in [0.25, 0.3) is 10.2 Å². The van der Waals surface area contributed by atoms with Gasteiger partial charge in [0, 0.05) is 40.5 Å². The van der Waals surface area contributed by atoms with Gasteiger partial charge >= 0.3 is 0 Å². The van der Waals surface area contributed by atoms with Crippen molar-refractivity contribution in [1.82, 2.24) is 15.3 Å². The molecule has 3 heterocycles. The molecule has 0 radical (unpaired) electrons. The third-order valence-corrected chi connectivity index (χ3v) is 8.16. The lowest BCUT2D eigenvalue weighted by molar-refractivity contribution is -0.119. The van der Waals surface area contributed by atoms with E-state index in [4.69, 9.17) is 16.3 Å². The fourth-order valence-electron chi connectivity index (χ4n) is 3.85. The van der Waals surface area contributed by atoms with Crippen molar-refractivity contribution < 1.29 is 9.53 Å². The van der Waals surface area contributed by atoms with Crippen LogP contribution in [0.15, 0.2) is 35.6 Å². The summed E-state index contributed by atoms with van der Waals surface area (Å²) < 4.78 is 5.58. The summed E-state index contributed by atoms with van der Waals surface area (Å²) >= 11 is 9.21. The highest BCUT2D eigenvalue weighted by atomic mass is 35.5. The van der Waals surface area contributed by atoms with E-state index in [-0.39, 0.29) is 11.3 Å². The van der Waals surface area contributed by atoms with Gasteiger partial charge in [-0.2, -0.15) is 0 Å². The van der Waals surface area contributed by atoms with E-state index in [0.29, 0.717) is 25.5 Å². The topological polar surface area (TPSA) is 64.1 Å². The van der Waals surface area contributed by atoms with Crippen molar-refractivity contribution in [2.75, 3.05) is 25.5 Å². The number of ether oxygens (including phenoxy) is 1. The number of carbonyl (C=O) groups is 1. The molecule has 30 heavy (non-hydrogen) atoms. The van der Waals surface area contributed by atoms with Gasteiger partial charge in [-0.1, -0.05) is 35.5 Å². The Kier molecular flexibility index (Phi) is 6.63. The molecule has 158 valence electrons. The smallest absolute Gasteiger partial charge is 0.230 e. The molecule has 3 aromatic rings. The third kappa shape index (κ3) is 4.49. The minimum absolute atomic E-state index is 0.0104. The maximum Gasteiger partial charge on any atom is 0.230 e. The number of amides is 1. The molecule has 0 spiro atoms. The largest absolute Gasteiger partial charge is 0.381 e. The summed E-state index contributed by atoms with van der Waals surface area (Å²) in [5.74, 6) is 0.337. The molecule has 1 aliphatic rings. The minimum atomic E-state index is -0.119. The molecule has 2 aromatic heterocycles. The summed E-state index contributed by atoms with van der Waals surface area (Å²) in [6.45, 7) is 6.16. The molecular formula is C22H24ClN3O2S2. The van der Waals surface area contributed by atoms with Gasteiger partial charge in [0.2, 0.25) is 5.91 Å². The highest BCUT2D eigenvalue weighted by Gasteiger charge is 2.34. The Bertz CT molecular complexity index is 1050. The van der Waals surface area contributed by atoms with Crippen LogP contribution >= 0.6 is 34.7 Å². The first-order chi connectivity index (χ1) is 14.5. The minimum Gasteiger partial charge on any atom is -0.381 e. The molecular weight excluding hydrogens is 438 g/mol. The highest BCUT2D eigenvalue weighted by molar-refractivity contribution is 8.00. The van der Waals surface area contributed by atoms with Crippen LogP contribution in [0.1, 0.15) is 28.8 Å². The van der Waals surface area contributed by atoms with Gasteiger partial charge < -0.3 is 10.1 Å². The first kappa shape index (κ1) is 21.6. The average molecular weight is 462 g/mol. The zero-order chi connectivity index (χ0) is 21.1. The first-order valence-electron chi connectivity index (χ1n) is 9.92. The number of aryl methyl sites for hydroxylation is 2. The van der Waals surface area contributed by atoms with Crippen LogP contribution in [0.3, 0.4) is 0 Å². The van der Waals surface area contributed by atoms with E-state index in [1.165, 1.54) is 27.8 Å². The second kappa shape index (κ2) is 9.22. The van der Waals surface area contributed by atoms with Gasteiger partial charge in [0.15, 0.2) is 0 Å². The van der Waals surface area contributed by atoms with E-state index in [1.54, 1.807) is 17.7 Å². The maximum atomic E-state index is 12.7. The Morgan fingerprint density at radius 2 is 1.97 bits per heavy atom. The standard InChI is InChI=1S/C22H24ClN3O2S2/c1-14-15(2)30-21-19(14)20(25-13-26-21)29-11-18(27)24-12-22(7-9-28-10-8-22)16-3-5-17(23)6-4-16/h3-6,13H,7-12H2,1-2H3,(H,24,27). The maximum absolute atomic E-state index is 12.7. The van der Waals surface area contributed by atoms with Crippen LogP contribution in [-0.2, 0) is 14.9 Å². The van der Waals surface area contributed by atoms with Crippen LogP contribution in [0.4, 0.5) is 0 Å². The van der Waals surface area contributed by atoms with Gasteiger partial charge in [0.1, 0.15) is 16.2 Å². The third-order valence-electron chi connectivity index (χ3n) is 5.80.